The molecule has 0 amide bonds. The molecule has 0 N–H and O–H groups in total. The zero-order valence-corrected chi connectivity index (χ0v) is 14.0. The normalized spacial score (nSPS) is 17.6. The van der Waals surface area contributed by atoms with Crippen LogP contribution in [0, 0.1) is 0 Å². The molecule has 0 spiro atoms. The fraction of sp³-hybridized carbons (Fsp3) is 0.375. The van der Waals surface area contributed by atoms with Crippen molar-refractivity contribution in [3.8, 4) is 11.5 Å². The predicted octanol–water partition coefficient (Wildman–Crippen LogP) is 3.84. The Morgan fingerprint density at radius 1 is 1.19 bits per heavy atom. The third-order valence-corrected chi connectivity index (χ3v) is 5.75. The van der Waals surface area contributed by atoms with Gasteiger partial charge in [0, 0.05) is 29.0 Å². The van der Waals surface area contributed by atoms with Crippen molar-refractivity contribution >= 4 is 27.3 Å². The molecule has 0 atom stereocenters. The van der Waals surface area contributed by atoms with Gasteiger partial charge in [-0.05, 0) is 41.1 Å². The number of hydrogen-bond acceptors (Lipinski definition) is 4. The van der Waals surface area contributed by atoms with Gasteiger partial charge in [0.05, 0.1) is 0 Å². The van der Waals surface area contributed by atoms with Crippen molar-refractivity contribution in [3.05, 3.63) is 44.1 Å². The Labute approximate surface area is 136 Å². The van der Waals surface area contributed by atoms with Crippen molar-refractivity contribution in [2.45, 2.75) is 19.5 Å². The summed E-state index contributed by atoms with van der Waals surface area (Å²) in [5, 5.41) is 2.20. The quantitative estimate of drug-likeness (QED) is 0.806. The van der Waals surface area contributed by atoms with Crippen LogP contribution in [-0.2, 0) is 19.5 Å². The first-order chi connectivity index (χ1) is 10.3. The molecule has 1 aromatic carbocycles. The lowest BCUT2D eigenvalue weighted by Gasteiger charge is -2.28. The number of hydrogen-bond donors (Lipinski definition) is 0. The van der Waals surface area contributed by atoms with Crippen LogP contribution in [0.3, 0.4) is 0 Å². The second-order valence-corrected chi connectivity index (χ2v) is 7.27. The Hall–Kier alpha value is -1.04. The van der Waals surface area contributed by atoms with E-state index in [-0.39, 0.29) is 0 Å². The van der Waals surface area contributed by atoms with Gasteiger partial charge in [-0.3, -0.25) is 4.90 Å². The molecule has 0 fully saturated rings. The highest BCUT2D eigenvalue weighted by Gasteiger charge is 2.20. The van der Waals surface area contributed by atoms with Crippen LogP contribution < -0.4 is 9.47 Å². The second-order valence-electron chi connectivity index (χ2n) is 5.42. The summed E-state index contributed by atoms with van der Waals surface area (Å²) in [5.74, 6) is 1.71. The number of halogens is 1. The maximum absolute atomic E-state index is 5.69. The molecule has 2 aromatic rings. The molecule has 110 valence electrons. The van der Waals surface area contributed by atoms with Crippen LogP contribution >= 0.6 is 27.3 Å². The highest BCUT2D eigenvalue weighted by Crippen LogP contribution is 2.36. The molecule has 5 heteroatoms. The van der Waals surface area contributed by atoms with Gasteiger partial charge < -0.3 is 9.47 Å². The first kappa shape index (κ1) is 13.6. The molecule has 0 radical (unpaired) electrons. The number of fused-ring (bicyclic) bond motifs is 2. The van der Waals surface area contributed by atoms with Crippen LogP contribution in [0.4, 0.5) is 0 Å². The molecule has 1 aromatic heterocycles. The fourth-order valence-corrected chi connectivity index (χ4v) is 4.25. The first-order valence-electron chi connectivity index (χ1n) is 7.15. The lowest BCUT2D eigenvalue weighted by Crippen LogP contribution is -2.29. The summed E-state index contributed by atoms with van der Waals surface area (Å²) < 4.78 is 12.4. The average molecular weight is 366 g/mol. The summed E-state index contributed by atoms with van der Waals surface area (Å²) in [6.45, 7) is 4.36. The van der Waals surface area contributed by atoms with Gasteiger partial charge in [0.15, 0.2) is 11.5 Å². The van der Waals surface area contributed by atoms with Gasteiger partial charge in [0.25, 0.3) is 0 Å². The van der Waals surface area contributed by atoms with Crippen molar-refractivity contribution in [3.63, 3.8) is 0 Å². The molecule has 0 saturated carbocycles. The number of nitrogens with zero attached hydrogens (tertiary/aromatic N) is 1. The number of benzene rings is 1. The van der Waals surface area contributed by atoms with Crippen LogP contribution in [-0.4, -0.2) is 24.7 Å². The van der Waals surface area contributed by atoms with Gasteiger partial charge in [0.1, 0.15) is 13.2 Å². The monoisotopic (exact) mass is 365 g/mol. The third-order valence-electron chi connectivity index (χ3n) is 3.99. The van der Waals surface area contributed by atoms with Crippen molar-refractivity contribution < 1.29 is 9.47 Å². The Bertz CT molecular complexity index is 670. The lowest BCUT2D eigenvalue weighted by molar-refractivity contribution is 0.170. The van der Waals surface area contributed by atoms with Gasteiger partial charge in [-0.15, -0.1) is 11.3 Å². The zero-order chi connectivity index (χ0) is 14.2. The van der Waals surface area contributed by atoms with Gasteiger partial charge in [0.2, 0.25) is 0 Å². The fourth-order valence-electron chi connectivity index (χ4n) is 2.91. The largest absolute Gasteiger partial charge is 0.486 e. The number of rotatable bonds is 2. The lowest BCUT2D eigenvalue weighted by atomic mass is 10.1. The maximum atomic E-state index is 5.69. The summed E-state index contributed by atoms with van der Waals surface area (Å²) in [6, 6.07) is 6.40. The van der Waals surface area contributed by atoms with E-state index in [0.29, 0.717) is 13.2 Å². The van der Waals surface area contributed by atoms with Crippen molar-refractivity contribution in [2.24, 2.45) is 0 Å². The molecule has 2 aliphatic heterocycles. The van der Waals surface area contributed by atoms with E-state index in [1.165, 1.54) is 11.1 Å². The standard InChI is InChI=1S/C16H16BrNO2S/c17-13-8-15-14(19-4-5-20-15)7-12(13)10-18-3-1-16-11(9-18)2-6-21-16/h2,6-8H,1,3-5,9-10H2. The van der Waals surface area contributed by atoms with Crippen molar-refractivity contribution in [1.82, 2.24) is 4.90 Å². The van der Waals surface area contributed by atoms with Gasteiger partial charge >= 0.3 is 0 Å². The summed E-state index contributed by atoms with van der Waals surface area (Å²) >= 11 is 5.55. The zero-order valence-electron chi connectivity index (χ0n) is 11.6. The summed E-state index contributed by atoms with van der Waals surface area (Å²) in [4.78, 5) is 4.04. The SMILES string of the molecule is Brc1cc2c(cc1CN1CCc3sccc3C1)OCCO2. The Kier molecular flexibility index (Phi) is 3.65. The van der Waals surface area contributed by atoms with Gasteiger partial charge in [-0.1, -0.05) is 15.9 Å². The minimum atomic E-state index is 0.631. The van der Waals surface area contributed by atoms with Crippen LogP contribution in [0.15, 0.2) is 28.1 Å². The van der Waals surface area contributed by atoms with E-state index in [1.807, 2.05) is 17.4 Å². The van der Waals surface area contributed by atoms with E-state index in [0.717, 1.165) is 42.0 Å². The van der Waals surface area contributed by atoms with Crippen LogP contribution in [0.1, 0.15) is 16.0 Å². The molecule has 21 heavy (non-hydrogen) atoms. The highest BCUT2D eigenvalue weighted by atomic mass is 79.9. The molecule has 0 aliphatic carbocycles. The Morgan fingerprint density at radius 3 is 2.86 bits per heavy atom. The van der Waals surface area contributed by atoms with Crippen molar-refractivity contribution in [2.75, 3.05) is 19.8 Å². The molecule has 3 heterocycles. The van der Waals surface area contributed by atoms with Gasteiger partial charge in [-0.25, -0.2) is 0 Å². The van der Waals surface area contributed by atoms with E-state index < -0.39 is 0 Å². The van der Waals surface area contributed by atoms with Crippen LogP contribution in [0.2, 0.25) is 0 Å². The smallest absolute Gasteiger partial charge is 0.162 e. The van der Waals surface area contributed by atoms with Crippen LogP contribution in [0.25, 0.3) is 0 Å². The summed E-state index contributed by atoms with van der Waals surface area (Å²) in [5.41, 5.74) is 2.75. The average Bonchev–Trinajstić information content (AvgIpc) is 2.95. The Morgan fingerprint density at radius 2 is 2.00 bits per heavy atom. The minimum Gasteiger partial charge on any atom is -0.486 e. The van der Waals surface area contributed by atoms with Crippen molar-refractivity contribution in [1.29, 1.82) is 0 Å². The molecular weight excluding hydrogens is 350 g/mol. The minimum absolute atomic E-state index is 0.631. The Balaban J connectivity index is 1.55. The third kappa shape index (κ3) is 2.70. The predicted molar refractivity (Wildman–Crippen MR) is 87.3 cm³/mol. The van der Waals surface area contributed by atoms with Crippen LogP contribution in [0.5, 0.6) is 11.5 Å². The molecule has 3 nitrogen and oxygen atoms in total. The molecule has 2 aliphatic rings. The molecule has 0 saturated heterocycles. The van der Waals surface area contributed by atoms with E-state index in [9.17, 15) is 0 Å². The molecule has 0 bridgehead atoms. The summed E-state index contributed by atoms with van der Waals surface area (Å²) in [6.07, 6.45) is 1.16. The summed E-state index contributed by atoms with van der Waals surface area (Å²) in [7, 11) is 0. The van der Waals surface area contributed by atoms with Gasteiger partial charge in [-0.2, -0.15) is 0 Å². The van der Waals surface area contributed by atoms with E-state index in [1.54, 1.807) is 4.88 Å². The van der Waals surface area contributed by atoms with E-state index in [4.69, 9.17) is 9.47 Å². The molecule has 4 rings (SSSR count). The number of ether oxygens (including phenoxy) is 2. The first-order valence-corrected chi connectivity index (χ1v) is 8.82. The topological polar surface area (TPSA) is 21.7 Å². The molecular formula is C16H16BrNO2S. The second kappa shape index (κ2) is 5.63. The highest BCUT2D eigenvalue weighted by molar-refractivity contribution is 9.10. The van der Waals surface area contributed by atoms with E-state index in [2.05, 4.69) is 38.3 Å². The maximum Gasteiger partial charge on any atom is 0.162 e. The molecule has 0 unspecified atom stereocenters. The number of thiophene rings is 1. The van der Waals surface area contributed by atoms with E-state index >= 15 is 0 Å².